The summed E-state index contributed by atoms with van der Waals surface area (Å²) in [7, 11) is 0. The van der Waals surface area contributed by atoms with Crippen LogP contribution in [0.4, 0.5) is 5.69 Å². The fraction of sp³-hybridized carbons (Fsp3) is 0. The number of benzene rings is 2. The summed E-state index contributed by atoms with van der Waals surface area (Å²) in [6.07, 6.45) is 0. The van der Waals surface area contributed by atoms with Crippen molar-refractivity contribution in [2.75, 3.05) is 5.32 Å². The molecule has 0 aliphatic carbocycles. The van der Waals surface area contributed by atoms with Gasteiger partial charge in [0.25, 0.3) is 5.91 Å². The highest BCUT2D eigenvalue weighted by Crippen LogP contribution is 2.35. The molecule has 0 heterocycles. The van der Waals surface area contributed by atoms with Crippen LogP contribution in [0.25, 0.3) is 0 Å². The van der Waals surface area contributed by atoms with Gasteiger partial charge in [0.2, 0.25) is 0 Å². The van der Waals surface area contributed by atoms with Crippen molar-refractivity contribution in [2.24, 2.45) is 0 Å². The van der Waals surface area contributed by atoms with Gasteiger partial charge < -0.3 is 15.5 Å². The van der Waals surface area contributed by atoms with Gasteiger partial charge >= 0.3 is 0 Å². The maximum Gasteiger partial charge on any atom is 0.259 e. The standard InChI is InChI=1S/C13H8Cl3NO3/c14-6-1-2-8(11(18)5-6)13(20)17-10-4-7(15)3-9(16)12(10)19/h1-5,18-19H,(H,17,20). The lowest BCUT2D eigenvalue weighted by Gasteiger charge is -2.10. The van der Waals surface area contributed by atoms with Crippen molar-refractivity contribution >= 4 is 46.4 Å². The molecule has 0 aliphatic heterocycles. The number of halogens is 3. The molecule has 20 heavy (non-hydrogen) atoms. The molecule has 7 heteroatoms. The molecule has 0 aromatic heterocycles. The number of rotatable bonds is 2. The van der Waals surface area contributed by atoms with Crippen molar-refractivity contribution in [3.8, 4) is 11.5 Å². The van der Waals surface area contributed by atoms with E-state index in [0.717, 1.165) is 0 Å². The number of aromatic hydroxyl groups is 2. The number of hydrogen-bond acceptors (Lipinski definition) is 3. The summed E-state index contributed by atoms with van der Waals surface area (Å²) in [5.41, 5.74) is 0.0479. The summed E-state index contributed by atoms with van der Waals surface area (Å²) in [4.78, 5) is 12.0. The van der Waals surface area contributed by atoms with Gasteiger partial charge in [0.15, 0.2) is 5.75 Å². The first kappa shape index (κ1) is 14.8. The molecule has 0 bridgehead atoms. The van der Waals surface area contributed by atoms with E-state index in [1.807, 2.05) is 0 Å². The van der Waals surface area contributed by atoms with Crippen LogP contribution in [0, 0.1) is 0 Å². The quantitative estimate of drug-likeness (QED) is 0.718. The summed E-state index contributed by atoms with van der Waals surface area (Å²) >= 11 is 17.2. The second-order valence-electron chi connectivity index (χ2n) is 3.90. The van der Waals surface area contributed by atoms with Crippen molar-refractivity contribution in [1.29, 1.82) is 0 Å². The average Bonchev–Trinajstić information content (AvgIpc) is 2.35. The Hall–Kier alpha value is -1.62. The molecule has 0 saturated heterocycles. The van der Waals surface area contributed by atoms with Crippen molar-refractivity contribution in [3.05, 3.63) is 51.0 Å². The lowest BCUT2D eigenvalue weighted by Crippen LogP contribution is -2.12. The first-order chi connectivity index (χ1) is 9.38. The highest BCUT2D eigenvalue weighted by molar-refractivity contribution is 6.36. The largest absolute Gasteiger partial charge is 0.507 e. The molecule has 3 N–H and O–H groups in total. The van der Waals surface area contributed by atoms with Gasteiger partial charge in [-0.2, -0.15) is 0 Å². The van der Waals surface area contributed by atoms with Crippen LogP contribution in [0.15, 0.2) is 30.3 Å². The zero-order valence-corrected chi connectivity index (χ0v) is 12.1. The third kappa shape index (κ3) is 3.10. The smallest absolute Gasteiger partial charge is 0.259 e. The number of nitrogens with one attached hydrogen (secondary N) is 1. The normalized spacial score (nSPS) is 10.3. The van der Waals surface area contributed by atoms with Crippen LogP contribution in [0.5, 0.6) is 11.5 Å². The summed E-state index contributed by atoms with van der Waals surface area (Å²) in [6, 6.07) is 6.74. The summed E-state index contributed by atoms with van der Waals surface area (Å²) in [5, 5.41) is 22.4. The van der Waals surface area contributed by atoms with Crippen LogP contribution in [-0.4, -0.2) is 16.1 Å². The summed E-state index contributed by atoms with van der Waals surface area (Å²) in [5.74, 6) is -1.21. The van der Waals surface area contributed by atoms with Crippen LogP contribution < -0.4 is 5.32 Å². The second kappa shape index (κ2) is 5.79. The summed E-state index contributed by atoms with van der Waals surface area (Å²) < 4.78 is 0. The van der Waals surface area contributed by atoms with Gasteiger partial charge in [-0.25, -0.2) is 0 Å². The fourth-order valence-corrected chi connectivity index (χ4v) is 2.21. The molecular formula is C13H8Cl3NO3. The van der Waals surface area contributed by atoms with E-state index in [-0.39, 0.29) is 32.8 Å². The van der Waals surface area contributed by atoms with Gasteiger partial charge in [0.05, 0.1) is 16.3 Å². The van der Waals surface area contributed by atoms with E-state index in [1.54, 1.807) is 0 Å². The first-order valence-electron chi connectivity index (χ1n) is 5.36. The Labute approximate surface area is 129 Å². The van der Waals surface area contributed by atoms with E-state index in [2.05, 4.69) is 5.32 Å². The number of carbonyl (C=O) groups is 1. The maximum atomic E-state index is 12.0. The van der Waals surface area contributed by atoms with E-state index in [0.29, 0.717) is 5.02 Å². The topological polar surface area (TPSA) is 69.6 Å². The molecule has 4 nitrogen and oxygen atoms in total. The third-order valence-corrected chi connectivity index (χ3v) is 3.22. The lowest BCUT2D eigenvalue weighted by atomic mass is 10.2. The Balaban J connectivity index is 2.32. The molecule has 0 radical (unpaired) electrons. The zero-order chi connectivity index (χ0) is 14.9. The summed E-state index contributed by atoms with van der Waals surface area (Å²) in [6.45, 7) is 0. The number of phenolic OH excluding ortho intramolecular Hbond substituents is 2. The van der Waals surface area contributed by atoms with Gasteiger partial charge in [-0.15, -0.1) is 0 Å². The van der Waals surface area contributed by atoms with E-state index in [1.165, 1.54) is 30.3 Å². The van der Waals surface area contributed by atoms with Crippen LogP contribution in [0.2, 0.25) is 15.1 Å². The zero-order valence-electron chi connectivity index (χ0n) is 9.82. The van der Waals surface area contributed by atoms with E-state index < -0.39 is 5.91 Å². The van der Waals surface area contributed by atoms with E-state index in [4.69, 9.17) is 34.8 Å². The van der Waals surface area contributed by atoms with Gasteiger partial charge in [0.1, 0.15) is 5.75 Å². The third-order valence-electron chi connectivity index (χ3n) is 2.48. The number of hydrogen-bond donors (Lipinski definition) is 3. The van der Waals surface area contributed by atoms with Crippen LogP contribution in [0.1, 0.15) is 10.4 Å². The first-order valence-corrected chi connectivity index (χ1v) is 6.49. The molecular weight excluding hydrogens is 325 g/mol. The Kier molecular flexibility index (Phi) is 4.28. The monoisotopic (exact) mass is 331 g/mol. The number of phenols is 2. The Morgan fingerprint density at radius 1 is 1.00 bits per heavy atom. The predicted octanol–water partition coefficient (Wildman–Crippen LogP) is 4.31. The lowest BCUT2D eigenvalue weighted by molar-refractivity contribution is 0.102. The van der Waals surface area contributed by atoms with Crippen LogP contribution >= 0.6 is 34.8 Å². The minimum absolute atomic E-state index is 0.00454. The van der Waals surface area contributed by atoms with Gasteiger partial charge in [-0.3, -0.25) is 4.79 Å². The minimum Gasteiger partial charge on any atom is -0.507 e. The second-order valence-corrected chi connectivity index (χ2v) is 5.18. The number of amides is 1. The molecule has 0 atom stereocenters. The van der Waals surface area contributed by atoms with Gasteiger partial charge in [-0.1, -0.05) is 34.8 Å². The molecule has 0 aliphatic rings. The van der Waals surface area contributed by atoms with Crippen molar-refractivity contribution in [2.45, 2.75) is 0 Å². The van der Waals surface area contributed by atoms with Gasteiger partial charge in [-0.05, 0) is 30.3 Å². The maximum absolute atomic E-state index is 12.0. The molecule has 104 valence electrons. The number of anilines is 1. The molecule has 2 aromatic rings. The Morgan fingerprint density at radius 3 is 2.35 bits per heavy atom. The fourth-order valence-electron chi connectivity index (χ4n) is 1.55. The molecule has 0 saturated carbocycles. The van der Waals surface area contributed by atoms with Gasteiger partial charge in [0, 0.05) is 10.0 Å². The van der Waals surface area contributed by atoms with E-state index >= 15 is 0 Å². The van der Waals surface area contributed by atoms with Crippen molar-refractivity contribution < 1.29 is 15.0 Å². The highest BCUT2D eigenvalue weighted by Gasteiger charge is 2.15. The molecule has 0 fully saturated rings. The number of carbonyl (C=O) groups excluding carboxylic acids is 1. The predicted molar refractivity (Wildman–Crippen MR) is 79.2 cm³/mol. The molecule has 2 rings (SSSR count). The van der Waals surface area contributed by atoms with Crippen LogP contribution in [-0.2, 0) is 0 Å². The van der Waals surface area contributed by atoms with Crippen LogP contribution in [0.3, 0.4) is 0 Å². The molecule has 0 spiro atoms. The average molecular weight is 333 g/mol. The van der Waals surface area contributed by atoms with Crippen molar-refractivity contribution in [1.82, 2.24) is 0 Å². The molecule has 2 aromatic carbocycles. The molecule has 0 unspecified atom stereocenters. The Bertz CT molecular complexity index is 689. The Morgan fingerprint density at radius 2 is 1.70 bits per heavy atom. The van der Waals surface area contributed by atoms with E-state index in [9.17, 15) is 15.0 Å². The SMILES string of the molecule is O=C(Nc1cc(Cl)cc(Cl)c1O)c1ccc(Cl)cc1O. The highest BCUT2D eigenvalue weighted by atomic mass is 35.5. The minimum atomic E-state index is -0.632. The molecule has 1 amide bonds. The van der Waals surface area contributed by atoms with Crippen molar-refractivity contribution in [3.63, 3.8) is 0 Å².